The fourth-order valence-corrected chi connectivity index (χ4v) is 6.47. The summed E-state index contributed by atoms with van der Waals surface area (Å²) in [6.07, 6.45) is 0.227. The lowest BCUT2D eigenvalue weighted by Gasteiger charge is -2.36. The van der Waals surface area contributed by atoms with Gasteiger partial charge in [-0.3, -0.25) is 14.4 Å². The van der Waals surface area contributed by atoms with Gasteiger partial charge in [0.1, 0.15) is 18.6 Å². The smallest absolute Gasteiger partial charge is 0.416 e. The highest BCUT2D eigenvalue weighted by Crippen LogP contribution is 2.34. The van der Waals surface area contributed by atoms with Crippen LogP contribution < -0.4 is 20.5 Å². The highest BCUT2D eigenvalue weighted by atomic mass is 35.5. The van der Waals surface area contributed by atoms with E-state index in [9.17, 15) is 27.6 Å². The molecule has 6 rings (SSSR count). The van der Waals surface area contributed by atoms with E-state index in [2.05, 4.69) is 20.4 Å². The number of carbonyl (C=O) groups excluding carboxylic acids is 2. The van der Waals surface area contributed by atoms with E-state index < -0.39 is 23.2 Å². The molecule has 51 heavy (non-hydrogen) atoms. The summed E-state index contributed by atoms with van der Waals surface area (Å²) in [6.45, 7) is 5.20. The number of alkyl halides is 3. The predicted octanol–water partition coefficient (Wildman–Crippen LogP) is 4.03. The molecule has 2 amide bonds. The standard InChI is InChI=1S/C33H35ClF3N9O5/c1-4-24-27(43-10-12-44(13-11-43)30(48)26-28(50-3)19(2)38-18-39-26)31(49)46-32(41-29(42-46)20-6-5-14-51-15-9-20)45(24)17-25(47)40-23-8-7-21(16-22(23)34)33(35,36)37/h7-9,16,18H,4-6,10-15,17H2,1-3H3,(H,40,47). The van der Waals surface area contributed by atoms with E-state index in [1.54, 1.807) is 16.4 Å². The highest BCUT2D eigenvalue weighted by Gasteiger charge is 2.32. The molecule has 1 fully saturated rings. The number of nitrogens with zero attached hydrogens (tertiary/aromatic N) is 8. The van der Waals surface area contributed by atoms with Crippen LogP contribution in [0.1, 0.15) is 53.0 Å². The summed E-state index contributed by atoms with van der Waals surface area (Å²) in [7, 11) is 1.45. The quantitative estimate of drug-likeness (QED) is 0.282. The van der Waals surface area contributed by atoms with Crippen LogP contribution in [0.5, 0.6) is 5.75 Å². The van der Waals surface area contributed by atoms with Gasteiger partial charge in [0, 0.05) is 32.8 Å². The minimum Gasteiger partial charge on any atom is -0.492 e. The number of hydrogen-bond acceptors (Lipinski definition) is 10. The number of benzene rings is 1. The maximum absolute atomic E-state index is 14.3. The average Bonchev–Trinajstić information content (AvgIpc) is 3.38. The molecule has 0 unspecified atom stereocenters. The Bertz CT molecular complexity index is 2070. The average molecular weight is 730 g/mol. The van der Waals surface area contributed by atoms with Crippen LogP contribution in [0.15, 0.2) is 35.4 Å². The molecule has 0 bridgehead atoms. The topological polar surface area (TPSA) is 149 Å². The number of anilines is 2. The van der Waals surface area contributed by atoms with Crippen LogP contribution in [-0.2, 0) is 28.7 Å². The largest absolute Gasteiger partial charge is 0.492 e. The predicted molar refractivity (Wildman–Crippen MR) is 181 cm³/mol. The molecular formula is C33H35ClF3N9O5. The van der Waals surface area contributed by atoms with Crippen LogP contribution in [0.4, 0.5) is 24.5 Å². The van der Waals surface area contributed by atoms with E-state index in [1.165, 1.54) is 18.0 Å². The van der Waals surface area contributed by atoms with Gasteiger partial charge in [-0.2, -0.15) is 22.7 Å². The molecule has 0 aliphatic carbocycles. The Hall–Kier alpha value is -5.03. The van der Waals surface area contributed by atoms with E-state index in [-0.39, 0.29) is 60.8 Å². The lowest BCUT2D eigenvalue weighted by Crippen LogP contribution is -2.51. The van der Waals surface area contributed by atoms with Crippen molar-refractivity contribution in [1.29, 1.82) is 0 Å². The number of nitrogens with one attached hydrogen (secondary N) is 1. The third kappa shape index (κ3) is 7.26. The molecule has 1 aromatic carbocycles. The number of allylic oxidation sites excluding steroid dienone is 1. The second-order valence-electron chi connectivity index (χ2n) is 12.0. The first-order chi connectivity index (χ1) is 24.4. The molecule has 14 nitrogen and oxygen atoms in total. The molecule has 3 aromatic heterocycles. The van der Waals surface area contributed by atoms with Crippen LogP contribution in [0.2, 0.25) is 5.02 Å². The van der Waals surface area contributed by atoms with Crippen molar-refractivity contribution in [3.05, 3.63) is 74.4 Å². The summed E-state index contributed by atoms with van der Waals surface area (Å²) >= 11 is 6.13. The fraction of sp³-hybridized carbons (Fsp3) is 0.424. The van der Waals surface area contributed by atoms with Crippen molar-refractivity contribution in [1.82, 2.24) is 34.0 Å². The van der Waals surface area contributed by atoms with Crippen LogP contribution in [0.25, 0.3) is 11.4 Å². The Balaban J connectivity index is 1.35. The zero-order valence-corrected chi connectivity index (χ0v) is 28.8. The summed E-state index contributed by atoms with van der Waals surface area (Å²) in [4.78, 5) is 57.7. The summed E-state index contributed by atoms with van der Waals surface area (Å²) in [5.41, 5.74) is 0.851. The third-order valence-corrected chi connectivity index (χ3v) is 9.09. The SMILES string of the molecule is CCc1c(N2CCN(C(=O)c3ncnc(C)c3OC)CC2)c(=O)n2nc(C3=CCOCCC3)nc2n1CC(=O)Nc1ccc(C(F)(F)F)cc1Cl. The summed E-state index contributed by atoms with van der Waals surface area (Å²) in [5, 5.41) is 6.90. The van der Waals surface area contributed by atoms with Gasteiger partial charge in [-0.25, -0.2) is 9.97 Å². The van der Waals surface area contributed by atoms with Gasteiger partial charge in [0.2, 0.25) is 11.7 Å². The normalized spacial score (nSPS) is 15.5. The van der Waals surface area contributed by atoms with E-state index in [0.29, 0.717) is 54.7 Å². The van der Waals surface area contributed by atoms with Gasteiger partial charge in [0.25, 0.3) is 11.5 Å². The first kappa shape index (κ1) is 35.8. The Morgan fingerprint density at radius 1 is 1.14 bits per heavy atom. The molecular weight excluding hydrogens is 695 g/mol. The summed E-state index contributed by atoms with van der Waals surface area (Å²) in [5.74, 6) is -0.212. The van der Waals surface area contributed by atoms with Gasteiger partial charge in [-0.05, 0) is 50.0 Å². The Morgan fingerprint density at radius 3 is 2.59 bits per heavy atom. The van der Waals surface area contributed by atoms with Crippen molar-refractivity contribution < 1.29 is 32.2 Å². The van der Waals surface area contributed by atoms with Crippen molar-refractivity contribution >= 4 is 46.1 Å². The lowest BCUT2D eigenvalue weighted by atomic mass is 10.1. The zero-order chi connectivity index (χ0) is 36.4. The van der Waals surface area contributed by atoms with E-state index in [4.69, 9.17) is 26.1 Å². The lowest BCUT2D eigenvalue weighted by molar-refractivity contribution is -0.137. The third-order valence-electron chi connectivity index (χ3n) is 8.77. The number of piperazine rings is 1. The summed E-state index contributed by atoms with van der Waals surface area (Å²) in [6, 6.07) is 2.66. The van der Waals surface area contributed by atoms with Gasteiger partial charge < -0.3 is 29.2 Å². The fourth-order valence-electron chi connectivity index (χ4n) is 6.25. The maximum atomic E-state index is 14.3. The van der Waals surface area contributed by atoms with Crippen molar-refractivity contribution in [2.75, 3.05) is 56.7 Å². The van der Waals surface area contributed by atoms with Gasteiger partial charge >= 0.3 is 6.18 Å². The molecule has 2 aliphatic rings. The Morgan fingerprint density at radius 2 is 1.90 bits per heavy atom. The highest BCUT2D eigenvalue weighted by molar-refractivity contribution is 6.33. The van der Waals surface area contributed by atoms with Crippen molar-refractivity contribution in [3.8, 4) is 5.75 Å². The molecule has 5 heterocycles. The number of carbonyl (C=O) groups is 2. The number of halogens is 4. The minimum absolute atomic E-state index is 0.00734. The second-order valence-corrected chi connectivity index (χ2v) is 12.4. The molecule has 2 aliphatic heterocycles. The molecule has 18 heteroatoms. The number of fused-ring (bicyclic) bond motifs is 1. The van der Waals surface area contributed by atoms with Gasteiger partial charge in [0.15, 0.2) is 17.3 Å². The van der Waals surface area contributed by atoms with E-state index >= 15 is 0 Å². The Kier molecular flexibility index (Phi) is 10.3. The van der Waals surface area contributed by atoms with Crippen molar-refractivity contribution in [2.45, 2.75) is 45.8 Å². The first-order valence-electron chi connectivity index (χ1n) is 16.3. The van der Waals surface area contributed by atoms with Crippen molar-refractivity contribution in [2.24, 2.45) is 0 Å². The molecule has 270 valence electrons. The zero-order valence-electron chi connectivity index (χ0n) is 28.1. The molecule has 0 spiro atoms. The maximum Gasteiger partial charge on any atom is 0.416 e. The molecule has 1 saturated heterocycles. The molecule has 0 radical (unpaired) electrons. The van der Waals surface area contributed by atoms with Crippen LogP contribution in [0, 0.1) is 6.92 Å². The summed E-state index contributed by atoms with van der Waals surface area (Å²) < 4.78 is 53.3. The number of hydrogen-bond donors (Lipinski definition) is 1. The number of aromatic nitrogens is 6. The number of methoxy groups -OCH3 is 1. The van der Waals surface area contributed by atoms with Crippen LogP contribution >= 0.6 is 11.6 Å². The van der Waals surface area contributed by atoms with Gasteiger partial charge in [-0.15, -0.1) is 5.10 Å². The number of aryl methyl sites for hydroxylation is 1. The number of amides is 2. The minimum atomic E-state index is -4.61. The molecule has 0 atom stereocenters. The monoisotopic (exact) mass is 729 g/mol. The molecule has 1 N–H and O–H groups in total. The molecule has 4 aromatic rings. The van der Waals surface area contributed by atoms with Crippen LogP contribution in [-0.4, -0.2) is 92.3 Å². The van der Waals surface area contributed by atoms with Gasteiger partial charge in [0.05, 0.1) is 41.4 Å². The number of rotatable bonds is 8. The Labute approximate surface area is 294 Å². The first-order valence-corrected chi connectivity index (χ1v) is 16.6. The van der Waals surface area contributed by atoms with E-state index in [0.717, 1.165) is 30.2 Å². The number of ether oxygens (including phenoxy) is 2. The van der Waals surface area contributed by atoms with Crippen molar-refractivity contribution in [3.63, 3.8) is 0 Å². The second kappa shape index (κ2) is 14.7. The van der Waals surface area contributed by atoms with Gasteiger partial charge in [-0.1, -0.05) is 24.6 Å². The van der Waals surface area contributed by atoms with E-state index in [1.807, 2.05) is 17.9 Å². The van der Waals surface area contributed by atoms with Crippen LogP contribution in [0.3, 0.4) is 0 Å². The molecule has 0 saturated carbocycles.